The lowest BCUT2D eigenvalue weighted by Gasteiger charge is -2.16. The molecule has 3 rings (SSSR count). The van der Waals surface area contributed by atoms with Gasteiger partial charge in [0, 0.05) is 11.8 Å². The third-order valence-electron chi connectivity index (χ3n) is 4.07. The van der Waals surface area contributed by atoms with E-state index in [1.54, 1.807) is 24.3 Å². The SMILES string of the molecule is O=C(O)c1ccccc1C1CC2C(C1)C2(F)F. The fourth-order valence-electron chi connectivity index (χ4n) is 3.11. The van der Waals surface area contributed by atoms with Gasteiger partial charge in [-0.3, -0.25) is 0 Å². The molecule has 0 radical (unpaired) electrons. The number of carbonyl (C=O) groups is 1. The van der Waals surface area contributed by atoms with Crippen LogP contribution in [0.1, 0.15) is 34.7 Å². The maximum Gasteiger partial charge on any atom is 0.335 e. The molecule has 90 valence electrons. The first kappa shape index (κ1) is 10.7. The minimum atomic E-state index is -2.49. The summed E-state index contributed by atoms with van der Waals surface area (Å²) in [4.78, 5) is 11.1. The quantitative estimate of drug-likeness (QED) is 0.859. The lowest BCUT2D eigenvalue weighted by molar-refractivity contribution is 0.0682. The molecule has 2 aliphatic carbocycles. The van der Waals surface area contributed by atoms with Crippen LogP contribution in [0.2, 0.25) is 0 Å². The molecular weight excluding hydrogens is 226 g/mol. The average molecular weight is 238 g/mol. The molecule has 0 amide bonds. The number of benzene rings is 1. The van der Waals surface area contributed by atoms with Gasteiger partial charge in [-0.05, 0) is 30.4 Å². The Balaban J connectivity index is 1.86. The first-order valence-electron chi connectivity index (χ1n) is 5.72. The number of carboxylic acid groups (broad SMARTS) is 1. The van der Waals surface area contributed by atoms with Gasteiger partial charge in [-0.15, -0.1) is 0 Å². The molecule has 2 atom stereocenters. The zero-order valence-corrected chi connectivity index (χ0v) is 9.07. The van der Waals surface area contributed by atoms with E-state index < -0.39 is 23.7 Å². The van der Waals surface area contributed by atoms with E-state index in [1.807, 2.05) is 0 Å². The van der Waals surface area contributed by atoms with Crippen molar-refractivity contribution in [2.24, 2.45) is 11.8 Å². The fourth-order valence-corrected chi connectivity index (χ4v) is 3.11. The minimum absolute atomic E-state index is 0.0167. The van der Waals surface area contributed by atoms with Crippen LogP contribution in [0.15, 0.2) is 24.3 Å². The first-order valence-corrected chi connectivity index (χ1v) is 5.72. The van der Waals surface area contributed by atoms with Crippen LogP contribution in [0.4, 0.5) is 8.78 Å². The summed E-state index contributed by atoms with van der Waals surface area (Å²) in [5.41, 5.74) is 0.963. The number of carboxylic acids is 1. The highest BCUT2D eigenvalue weighted by molar-refractivity contribution is 5.89. The third-order valence-corrected chi connectivity index (χ3v) is 4.07. The summed E-state index contributed by atoms with van der Waals surface area (Å²) in [5.74, 6) is -4.53. The van der Waals surface area contributed by atoms with Crippen molar-refractivity contribution in [3.05, 3.63) is 35.4 Å². The van der Waals surface area contributed by atoms with Gasteiger partial charge < -0.3 is 5.11 Å². The maximum absolute atomic E-state index is 13.1. The Morgan fingerprint density at radius 2 is 1.82 bits per heavy atom. The van der Waals surface area contributed by atoms with E-state index in [0.717, 1.165) is 0 Å². The van der Waals surface area contributed by atoms with Gasteiger partial charge in [0.25, 0.3) is 5.92 Å². The second-order valence-corrected chi connectivity index (χ2v) is 4.95. The number of aromatic carboxylic acids is 1. The van der Waals surface area contributed by atoms with Gasteiger partial charge in [0.05, 0.1) is 5.56 Å². The Morgan fingerprint density at radius 1 is 1.24 bits per heavy atom. The molecule has 2 fully saturated rings. The van der Waals surface area contributed by atoms with Crippen LogP contribution in [0, 0.1) is 11.8 Å². The smallest absolute Gasteiger partial charge is 0.335 e. The maximum atomic E-state index is 13.1. The summed E-state index contributed by atoms with van der Waals surface area (Å²) in [6, 6.07) is 6.72. The van der Waals surface area contributed by atoms with Gasteiger partial charge in [-0.2, -0.15) is 0 Å². The molecule has 2 aliphatic rings. The standard InChI is InChI=1S/C13H12F2O2/c14-13(15)10-5-7(6-11(10)13)8-3-1-2-4-9(8)12(16)17/h1-4,7,10-11H,5-6H2,(H,16,17). The zero-order chi connectivity index (χ0) is 12.2. The van der Waals surface area contributed by atoms with E-state index in [1.165, 1.54) is 0 Å². The van der Waals surface area contributed by atoms with Crippen molar-refractivity contribution in [1.29, 1.82) is 0 Å². The van der Waals surface area contributed by atoms with Gasteiger partial charge in [0.1, 0.15) is 0 Å². The van der Waals surface area contributed by atoms with Gasteiger partial charge in [0.15, 0.2) is 0 Å². The molecule has 2 saturated carbocycles. The number of hydrogen-bond acceptors (Lipinski definition) is 1. The predicted molar refractivity (Wildman–Crippen MR) is 57.3 cm³/mol. The summed E-state index contributed by atoms with van der Waals surface area (Å²) in [7, 11) is 0. The van der Waals surface area contributed by atoms with Crippen molar-refractivity contribution in [3.63, 3.8) is 0 Å². The molecule has 2 nitrogen and oxygen atoms in total. The van der Waals surface area contributed by atoms with Crippen LogP contribution in [-0.4, -0.2) is 17.0 Å². The largest absolute Gasteiger partial charge is 0.478 e. The topological polar surface area (TPSA) is 37.3 Å². The van der Waals surface area contributed by atoms with Crippen LogP contribution in [0.5, 0.6) is 0 Å². The zero-order valence-electron chi connectivity index (χ0n) is 9.07. The Hall–Kier alpha value is -1.45. The molecule has 0 aliphatic heterocycles. The van der Waals surface area contributed by atoms with Gasteiger partial charge in [-0.1, -0.05) is 18.2 Å². The minimum Gasteiger partial charge on any atom is -0.478 e. The van der Waals surface area contributed by atoms with Crippen LogP contribution < -0.4 is 0 Å². The second kappa shape index (κ2) is 3.28. The van der Waals surface area contributed by atoms with Crippen molar-refractivity contribution >= 4 is 5.97 Å². The Morgan fingerprint density at radius 3 is 2.41 bits per heavy atom. The number of alkyl halides is 2. The van der Waals surface area contributed by atoms with Crippen molar-refractivity contribution in [3.8, 4) is 0 Å². The Bertz CT molecular complexity index is 470. The van der Waals surface area contributed by atoms with Gasteiger partial charge in [-0.25, -0.2) is 13.6 Å². The summed E-state index contributed by atoms with van der Waals surface area (Å²) < 4.78 is 26.1. The molecule has 2 unspecified atom stereocenters. The molecule has 4 heteroatoms. The summed E-state index contributed by atoms with van der Waals surface area (Å²) in [6.45, 7) is 0. The predicted octanol–water partition coefficient (Wildman–Crippen LogP) is 3.14. The molecule has 17 heavy (non-hydrogen) atoms. The average Bonchev–Trinajstić information content (AvgIpc) is 2.70. The van der Waals surface area contributed by atoms with Gasteiger partial charge >= 0.3 is 5.97 Å². The van der Waals surface area contributed by atoms with Crippen molar-refractivity contribution in [2.45, 2.75) is 24.7 Å². The van der Waals surface area contributed by atoms with E-state index in [2.05, 4.69) is 0 Å². The Kier molecular flexibility index (Phi) is 2.06. The monoisotopic (exact) mass is 238 g/mol. The number of rotatable bonds is 2. The molecule has 0 aromatic heterocycles. The van der Waals surface area contributed by atoms with Crippen LogP contribution in [0.25, 0.3) is 0 Å². The fraction of sp³-hybridized carbons (Fsp3) is 0.462. The Labute approximate surface area is 97.3 Å². The molecule has 1 aromatic carbocycles. The molecule has 0 saturated heterocycles. The molecule has 1 aromatic rings. The van der Waals surface area contributed by atoms with E-state index in [-0.39, 0.29) is 11.5 Å². The summed E-state index contributed by atoms with van der Waals surface area (Å²) in [5, 5.41) is 9.06. The van der Waals surface area contributed by atoms with E-state index in [0.29, 0.717) is 18.4 Å². The first-order chi connectivity index (χ1) is 8.01. The normalized spacial score (nSPS) is 33.2. The molecule has 0 heterocycles. The van der Waals surface area contributed by atoms with E-state index >= 15 is 0 Å². The number of hydrogen-bond donors (Lipinski definition) is 1. The highest BCUT2D eigenvalue weighted by atomic mass is 19.3. The molecule has 0 spiro atoms. The highest BCUT2D eigenvalue weighted by Gasteiger charge is 2.71. The van der Waals surface area contributed by atoms with Crippen molar-refractivity contribution in [1.82, 2.24) is 0 Å². The molecule has 0 bridgehead atoms. The lowest BCUT2D eigenvalue weighted by Crippen LogP contribution is -2.10. The van der Waals surface area contributed by atoms with E-state index in [9.17, 15) is 13.6 Å². The number of halogens is 2. The van der Waals surface area contributed by atoms with E-state index in [4.69, 9.17) is 5.11 Å². The van der Waals surface area contributed by atoms with Crippen molar-refractivity contribution in [2.75, 3.05) is 0 Å². The molecular formula is C13H12F2O2. The highest BCUT2D eigenvalue weighted by Crippen LogP contribution is 2.67. The van der Waals surface area contributed by atoms with Crippen LogP contribution >= 0.6 is 0 Å². The molecule has 1 N–H and O–H groups in total. The lowest BCUT2D eigenvalue weighted by atomic mass is 9.90. The van der Waals surface area contributed by atoms with Gasteiger partial charge in [0.2, 0.25) is 0 Å². The summed E-state index contributed by atoms with van der Waals surface area (Å²) >= 11 is 0. The number of fused-ring (bicyclic) bond motifs is 1. The summed E-state index contributed by atoms with van der Waals surface area (Å²) in [6.07, 6.45) is 0.837. The second-order valence-electron chi connectivity index (χ2n) is 4.95. The van der Waals surface area contributed by atoms with Crippen LogP contribution in [0.3, 0.4) is 0 Å². The van der Waals surface area contributed by atoms with Crippen LogP contribution in [-0.2, 0) is 0 Å². The third kappa shape index (κ3) is 1.47. The van der Waals surface area contributed by atoms with Crippen molar-refractivity contribution < 1.29 is 18.7 Å².